The third kappa shape index (κ3) is 2.84. The minimum absolute atomic E-state index is 0.200. The van der Waals surface area contributed by atoms with Gasteiger partial charge in [-0.05, 0) is 67.0 Å². The summed E-state index contributed by atoms with van der Waals surface area (Å²) >= 11 is 4.15. The zero-order valence-electron chi connectivity index (χ0n) is 14.9. The lowest BCUT2D eigenvalue weighted by Crippen LogP contribution is -2.40. The van der Waals surface area contributed by atoms with Gasteiger partial charge in [0.15, 0.2) is 0 Å². The van der Waals surface area contributed by atoms with E-state index in [4.69, 9.17) is 10.5 Å². The Hall–Kier alpha value is -2.14. The van der Waals surface area contributed by atoms with E-state index in [1.165, 1.54) is 24.0 Å². The van der Waals surface area contributed by atoms with Crippen molar-refractivity contribution in [2.24, 2.45) is 0 Å². The van der Waals surface area contributed by atoms with Gasteiger partial charge >= 0.3 is 0 Å². The van der Waals surface area contributed by atoms with Crippen molar-refractivity contribution in [3.8, 4) is 5.75 Å². The van der Waals surface area contributed by atoms with Gasteiger partial charge in [0.25, 0.3) is 0 Å². The molecule has 2 aromatic carbocycles. The van der Waals surface area contributed by atoms with Crippen LogP contribution >= 0.6 is 12.6 Å². The van der Waals surface area contributed by atoms with Crippen LogP contribution in [0.1, 0.15) is 49.1 Å². The van der Waals surface area contributed by atoms with Crippen molar-refractivity contribution in [3.63, 3.8) is 0 Å². The summed E-state index contributed by atoms with van der Waals surface area (Å²) in [6.07, 6.45) is 5.59. The highest BCUT2D eigenvalue weighted by molar-refractivity contribution is 7.80. The Balaban J connectivity index is 0.000000160. The van der Waals surface area contributed by atoms with Crippen molar-refractivity contribution in [2.45, 2.75) is 48.3 Å². The maximum absolute atomic E-state index is 12.2. The van der Waals surface area contributed by atoms with Gasteiger partial charge in [0.1, 0.15) is 5.75 Å². The predicted octanol–water partition coefficient (Wildman–Crippen LogP) is 4.50. The normalized spacial score (nSPS) is 19.1. The Morgan fingerprint density at radius 1 is 1.23 bits per heavy atom. The lowest BCUT2D eigenvalue weighted by Gasteiger charge is -2.36. The molecule has 0 unspecified atom stereocenters. The van der Waals surface area contributed by atoms with Gasteiger partial charge in [0, 0.05) is 16.3 Å². The van der Waals surface area contributed by atoms with Crippen LogP contribution in [0.2, 0.25) is 0 Å². The Kier molecular flexibility index (Phi) is 4.35. The van der Waals surface area contributed by atoms with Gasteiger partial charge < -0.3 is 15.8 Å². The summed E-state index contributed by atoms with van der Waals surface area (Å²) in [7, 11) is 1.63. The van der Waals surface area contributed by atoms with E-state index in [-0.39, 0.29) is 11.3 Å². The highest BCUT2D eigenvalue weighted by Gasteiger charge is 2.52. The fourth-order valence-corrected chi connectivity index (χ4v) is 4.18. The molecule has 0 atom stereocenters. The monoisotopic (exact) mass is 368 g/mol. The van der Waals surface area contributed by atoms with Gasteiger partial charge in [0.05, 0.1) is 12.5 Å². The lowest BCUT2D eigenvalue weighted by molar-refractivity contribution is -0.123. The number of ether oxygens (including phenoxy) is 1. The molecular weight excluding hydrogens is 344 g/mol. The smallest absolute Gasteiger partial charge is 0.235 e. The topological polar surface area (TPSA) is 64.3 Å². The molecule has 2 saturated carbocycles. The van der Waals surface area contributed by atoms with Crippen LogP contribution in [0.15, 0.2) is 41.3 Å². The number of carbonyl (C=O) groups is 1. The summed E-state index contributed by atoms with van der Waals surface area (Å²) in [4.78, 5) is 13.1. The van der Waals surface area contributed by atoms with E-state index in [2.05, 4.69) is 24.0 Å². The summed E-state index contributed by atoms with van der Waals surface area (Å²) in [6, 6.07) is 11.7. The number of rotatable bonds is 2. The van der Waals surface area contributed by atoms with E-state index in [1.54, 1.807) is 7.11 Å². The van der Waals surface area contributed by atoms with Crippen molar-refractivity contribution in [2.75, 3.05) is 18.2 Å². The third-order valence-electron chi connectivity index (χ3n) is 5.69. The summed E-state index contributed by atoms with van der Waals surface area (Å²) in [5.74, 6) is 1.65. The number of thiol groups is 1. The summed E-state index contributed by atoms with van der Waals surface area (Å²) < 4.78 is 4.97. The fourth-order valence-electron chi connectivity index (χ4n) is 3.93. The molecule has 136 valence electrons. The number of nitrogens with two attached hydrogens (primary N) is 1. The molecule has 0 aromatic heterocycles. The molecule has 1 aliphatic heterocycles. The number of fused-ring (bicyclic) bond motifs is 2. The van der Waals surface area contributed by atoms with Crippen LogP contribution in [-0.2, 0) is 10.2 Å². The van der Waals surface area contributed by atoms with E-state index in [0.29, 0.717) is 5.92 Å². The number of para-hydroxylation sites is 1. The number of carbonyl (C=O) groups excluding carboxylic acids is 1. The molecule has 3 aliphatic rings. The molecule has 3 N–H and O–H groups in total. The Morgan fingerprint density at radius 2 is 1.96 bits per heavy atom. The number of benzene rings is 2. The molecule has 2 aliphatic carbocycles. The summed E-state index contributed by atoms with van der Waals surface area (Å²) in [5.41, 5.74) is 10.1. The van der Waals surface area contributed by atoms with Crippen LogP contribution in [0.5, 0.6) is 5.75 Å². The molecular formula is C21H24N2O2S. The molecule has 1 heterocycles. The molecule has 5 rings (SSSR count). The highest BCUT2D eigenvalue weighted by Crippen LogP contribution is 2.55. The standard InChI is InChI=1S/C14H16N2O.C7H8OS/c15-9-6-10(8-2-3-8)12-11(7-9)14(4-1-5-14)13(17)16-12;1-8-6-4-2-3-5-7(6)9/h6-8H,1-5,15H2,(H,16,17);2-5,9H,1H3. The molecule has 1 amide bonds. The first-order valence-electron chi connectivity index (χ1n) is 9.12. The second-order valence-corrected chi connectivity index (χ2v) is 7.85. The van der Waals surface area contributed by atoms with Gasteiger partial charge in [-0.1, -0.05) is 18.6 Å². The van der Waals surface area contributed by atoms with Crippen LogP contribution in [0.4, 0.5) is 11.4 Å². The molecule has 26 heavy (non-hydrogen) atoms. The molecule has 2 aromatic rings. The number of amides is 1. The van der Waals surface area contributed by atoms with E-state index < -0.39 is 0 Å². The van der Waals surface area contributed by atoms with E-state index >= 15 is 0 Å². The zero-order chi connectivity index (χ0) is 18.3. The van der Waals surface area contributed by atoms with Gasteiger partial charge in [-0.25, -0.2) is 0 Å². The van der Waals surface area contributed by atoms with Crippen LogP contribution < -0.4 is 15.8 Å². The Morgan fingerprint density at radius 3 is 2.50 bits per heavy atom. The number of hydrogen-bond acceptors (Lipinski definition) is 4. The lowest BCUT2D eigenvalue weighted by atomic mass is 9.65. The van der Waals surface area contributed by atoms with E-state index in [0.717, 1.165) is 41.3 Å². The van der Waals surface area contributed by atoms with Crippen molar-refractivity contribution in [1.29, 1.82) is 0 Å². The van der Waals surface area contributed by atoms with Gasteiger partial charge in [-0.3, -0.25) is 4.79 Å². The van der Waals surface area contributed by atoms with Crippen LogP contribution in [0, 0.1) is 0 Å². The first kappa shape index (κ1) is 17.3. The van der Waals surface area contributed by atoms with Crippen LogP contribution in [0.3, 0.4) is 0 Å². The summed E-state index contributed by atoms with van der Waals surface area (Å²) in [6.45, 7) is 0. The summed E-state index contributed by atoms with van der Waals surface area (Å²) in [5, 5.41) is 3.11. The van der Waals surface area contributed by atoms with Crippen molar-refractivity contribution >= 4 is 29.9 Å². The Bertz CT molecular complexity index is 857. The number of nitrogen functional groups attached to an aromatic ring is 1. The van der Waals surface area contributed by atoms with Crippen molar-refractivity contribution in [3.05, 3.63) is 47.5 Å². The average molecular weight is 369 g/mol. The zero-order valence-corrected chi connectivity index (χ0v) is 15.8. The van der Waals surface area contributed by atoms with Gasteiger partial charge in [-0.2, -0.15) is 0 Å². The van der Waals surface area contributed by atoms with Crippen LogP contribution in [-0.4, -0.2) is 13.0 Å². The first-order valence-corrected chi connectivity index (χ1v) is 9.57. The second kappa shape index (κ2) is 6.54. The molecule has 0 saturated heterocycles. The van der Waals surface area contributed by atoms with Gasteiger partial charge in [-0.15, -0.1) is 12.6 Å². The molecule has 0 radical (unpaired) electrons. The number of methoxy groups -OCH3 is 1. The molecule has 5 heteroatoms. The maximum Gasteiger partial charge on any atom is 0.235 e. The number of hydrogen-bond donors (Lipinski definition) is 3. The third-order valence-corrected chi connectivity index (χ3v) is 6.06. The highest BCUT2D eigenvalue weighted by atomic mass is 32.1. The predicted molar refractivity (Wildman–Crippen MR) is 107 cm³/mol. The largest absolute Gasteiger partial charge is 0.496 e. The van der Waals surface area contributed by atoms with Gasteiger partial charge in [0.2, 0.25) is 5.91 Å². The van der Waals surface area contributed by atoms with Crippen molar-refractivity contribution < 1.29 is 9.53 Å². The fraction of sp³-hybridized carbons (Fsp3) is 0.381. The quantitative estimate of drug-likeness (QED) is 0.540. The minimum atomic E-state index is -0.228. The number of nitrogens with one attached hydrogen (secondary N) is 1. The first-order chi connectivity index (χ1) is 12.5. The van der Waals surface area contributed by atoms with E-state index in [9.17, 15) is 4.79 Å². The van der Waals surface area contributed by atoms with Crippen molar-refractivity contribution in [1.82, 2.24) is 0 Å². The van der Waals surface area contributed by atoms with Crippen LogP contribution in [0.25, 0.3) is 0 Å². The SMILES string of the molecule is COc1ccccc1S.Nc1cc(C2CC2)c2c(c1)C1(CCC1)C(=O)N2. The Labute approximate surface area is 159 Å². The molecule has 2 fully saturated rings. The maximum atomic E-state index is 12.2. The minimum Gasteiger partial charge on any atom is -0.496 e. The second-order valence-electron chi connectivity index (χ2n) is 7.37. The number of anilines is 2. The average Bonchev–Trinajstić information content (AvgIpc) is 3.37. The van der Waals surface area contributed by atoms with E-state index in [1.807, 2.05) is 30.3 Å². The molecule has 1 spiro atoms. The molecule has 0 bridgehead atoms. The molecule has 4 nitrogen and oxygen atoms in total.